The summed E-state index contributed by atoms with van der Waals surface area (Å²) in [6.45, 7) is -0.00845. The van der Waals surface area contributed by atoms with Crippen LogP contribution in [0.4, 0.5) is 5.69 Å². The maximum absolute atomic E-state index is 12.2. The first kappa shape index (κ1) is 12.9. The van der Waals surface area contributed by atoms with Crippen molar-refractivity contribution in [1.82, 2.24) is 5.32 Å². The molecule has 1 aromatic carbocycles. The van der Waals surface area contributed by atoms with Crippen LogP contribution in [-0.4, -0.2) is 23.2 Å². The van der Waals surface area contributed by atoms with Crippen LogP contribution in [0.2, 0.25) is 0 Å². The van der Waals surface area contributed by atoms with Crippen LogP contribution in [0.25, 0.3) is 0 Å². The van der Waals surface area contributed by atoms with Crippen molar-refractivity contribution in [3.8, 4) is 0 Å². The molecule has 1 saturated carbocycles. The molecule has 0 saturated heterocycles. The predicted octanol–water partition coefficient (Wildman–Crippen LogP) is 1.69. The van der Waals surface area contributed by atoms with Crippen LogP contribution in [0.1, 0.15) is 42.5 Å². The van der Waals surface area contributed by atoms with Crippen molar-refractivity contribution >= 4 is 11.6 Å². The molecule has 18 heavy (non-hydrogen) atoms. The van der Waals surface area contributed by atoms with Gasteiger partial charge >= 0.3 is 0 Å². The number of nitrogens with one attached hydrogen (secondary N) is 1. The van der Waals surface area contributed by atoms with Crippen molar-refractivity contribution in [3.63, 3.8) is 0 Å². The Kier molecular flexibility index (Phi) is 3.87. The summed E-state index contributed by atoms with van der Waals surface area (Å²) in [6.07, 6.45) is 4.94. The van der Waals surface area contributed by atoms with E-state index in [0.717, 1.165) is 25.7 Å². The largest absolute Gasteiger partial charge is 0.398 e. The lowest BCUT2D eigenvalue weighted by Crippen LogP contribution is -2.52. The summed E-state index contributed by atoms with van der Waals surface area (Å²) in [4.78, 5) is 12.2. The van der Waals surface area contributed by atoms with Crippen LogP contribution in [-0.2, 0) is 0 Å². The third-order valence-corrected chi connectivity index (χ3v) is 3.70. The van der Waals surface area contributed by atoms with E-state index >= 15 is 0 Å². The molecule has 1 amide bonds. The predicted molar refractivity (Wildman–Crippen MR) is 71.2 cm³/mol. The number of rotatable bonds is 3. The van der Waals surface area contributed by atoms with Gasteiger partial charge in [-0.1, -0.05) is 31.4 Å². The molecule has 0 aromatic heterocycles. The van der Waals surface area contributed by atoms with Gasteiger partial charge in [-0.15, -0.1) is 0 Å². The molecule has 1 aliphatic rings. The first-order chi connectivity index (χ1) is 8.67. The van der Waals surface area contributed by atoms with Gasteiger partial charge in [0.15, 0.2) is 0 Å². The van der Waals surface area contributed by atoms with E-state index < -0.39 is 5.54 Å². The number of anilines is 1. The maximum Gasteiger partial charge on any atom is 0.253 e. The van der Waals surface area contributed by atoms with Crippen molar-refractivity contribution in [2.75, 3.05) is 12.3 Å². The summed E-state index contributed by atoms with van der Waals surface area (Å²) in [5.41, 5.74) is 6.28. The number of para-hydroxylation sites is 1. The zero-order valence-corrected chi connectivity index (χ0v) is 10.5. The minimum atomic E-state index is -0.461. The Hall–Kier alpha value is -1.55. The highest BCUT2D eigenvalue weighted by Crippen LogP contribution is 2.28. The lowest BCUT2D eigenvalue weighted by atomic mass is 9.82. The lowest BCUT2D eigenvalue weighted by molar-refractivity contribution is 0.0759. The number of amides is 1. The number of hydrogen-bond donors (Lipinski definition) is 3. The molecule has 0 spiro atoms. The summed E-state index contributed by atoms with van der Waals surface area (Å²) < 4.78 is 0. The minimum absolute atomic E-state index is 0.00845. The summed E-state index contributed by atoms with van der Waals surface area (Å²) in [5, 5.41) is 12.5. The van der Waals surface area contributed by atoms with Gasteiger partial charge in [0.05, 0.1) is 17.7 Å². The van der Waals surface area contributed by atoms with Crippen molar-refractivity contribution in [1.29, 1.82) is 0 Å². The van der Waals surface area contributed by atoms with Gasteiger partial charge in [-0.2, -0.15) is 0 Å². The van der Waals surface area contributed by atoms with Gasteiger partial charge in [-0.05, 0) is 25.0 Å². The Morgan fingerprint density at radius 3 is 2.56 bits per heavy atom. The molecule has 4 N–H and O–H groups in total. The monoisotopic (exact) mass is 248 g/mol. The lowest BCUT2D eigenvalue weighted by Gasteiger charge is -2.36. The van der Waals surface area contributed by atoms with Crippen LogP contribution in [0.15, 0.2) is 24.3 Å². The fraction of sp³-hybridized carbons (Fsp3) is 0.500. The standard InChI is InChI=1S/C14H20N2O2/c15-12-7-3-2-6-11(12)13(18)16-14(10-17)8-4-1-5-9-14/h2-3,6-7,17H,1,4-5,8-10,15H2,(H,16,18). The molecule has 0 bridgehead atoms. The average Bonchev–Trinajstić information content (AvgIpc) is 2.40. The number of nitrogen functional groups attached to an aromatic ring is 1. The molecule has 1 aliphatic carbocycles. The van der Waals surface area contributed by atoms with E-state index in [4.69, 9.17) is 5.73 Å². The number of carbonyl (C=O) groups excluding carboxylic acids is 1. The van der Waals surface area contributed by atoms with Crippen molar-refractivity contribution in [2.45, 2.75) is 37.6 Å². The van der Waals surface area contributed by atoms with E-state index in [1.807, 2.05) is 0 Å². The van der Waals surface area contributed by atoms with Gasteiger partial charge in [-0.3, -0.25) is 4.79 Å². The Balaban J connectivity index is 2.13. The number of carbonyl (C=O) groups is 1. The zero-order valence-electron chi connectivity index (χ0n) is 10.5. The van der Waals surface area contributed by atoms with Crippen LogP contribution in [0.5, 0.6) is 0 Å². The Labute approximate surface area is 107 Å². The van der Waals surface area contributed by atoms with Gasteiger partial charge in [-0.25, -0.2) is 0 Å². The molecule has 0 atom stereocenters. The molecular weight excluding hydrogens is 228 g/mol. The van der Waals surface area contributed by atoms with Crippen LogP contribution in [0.3, 0.4) is 0 Å². The highest BCUT2D eigenvalue weighted by Gasteiger charge is 2.33. The van der Waals surface area contributed by atoms with Gasteiger partial charge in [0.1, 0.15) is 0 Å². The SMILES string of the molecule is Nc1ccccc1C(=O)NC1(CO)CCCCC1. The summed E-state index contributed by atoms with van der Waals surface area (Å²) in [7, 11) is 0. The van der Waals surface area contributed by atoms with Crippen LogP contribution >= 0.6 is 0 Å². The number of hydrogen-bond acceptors (Lipinski definition) is 3. The van der Waals surface area contributed by atoms with E-state index in [2.05, 4.69) is 5.32 Å². The Bertz CT molecular complexity index is 426. The zero-order chi connectivity index (χ0) is 13.0. The first-order valence-electron chi connectivity index (χ1n) is 6.45. The molecule has 4 heteroatoms. The Morgan fingerprint density at radius 1 is 1.28 bits per heavy atom. The highest BCUT2D eigenvalue weighted by molar-refractivity contribution is 5.99. The van der Waals surface area contributed by atoms with E-state index in [9.17, 15) is 9.90 Å². The summed E-state index contributed by atoms with van der Waals surface area (Å²) in [6, 6.07) is 7.01. The second-order valence-corrected chi connectivity index (χ2v) is 5.04. The second-order valence-electron chi connectivity index (χ2n) is 5.04. The quantitative estimate of drug-likeness (QED) is 0.713. The second kappa shape index (κ2) is 5.40. The summed E-state index contributed by atoms with van der Waals surface area (Å²) >= 11 is 0. The topological polar surface area (TPSA) is 75.4 Å². The molecule has 4 nitrogen and oxygen atoms in total. The fourth-order valence-electron chi connectivity index (χ4n) is 2.56. The van der Waals surface area contributed by atoms with E-state index in [1.54, 1.807) is 24.3 Å². The molecular formula is C14H20N2O2. The van der Waals surface area contributed by atoms with E-state index in [-0.39, 0.29) is 12.5 Å². The van der Waals surface area contributed by atoms with Crippen molar-refractivity contribution < 1.29 is 9.90 Å². The Morgan fingerprint density at radius 2 is 1.94 bits per heavy atom. The van der Waals surface area contributed by atoms with Gasteiger partial charge in [0, 0.05) is 5.69 Å². The van der Waals surface area contributed by atoms with Crippen molar-refractivity contribution in [3.05, 3.63) is 29.8 Å². The molecule has 0 heterocycles. The third-order valence-electron chi connectivity index (χ3n) is 3.70. The third kappa shape index (κ3) is 2.64. The number of aliphatic hydroxyl groups is 1. The van der Waals surface area contributed by atoms with Crippen molar-refractivity contribution in [2.24, 2.45) is 0 Å². The maximum atomic E-state index is 12.2. The highest BCUT2D eigenvalue weighted by atomic mass is 16.3. The van der Waals surface area contributed by atoms with Crippen LogP contribution in [0, 0.1) is 0 Å². The molecule has 98 valence electrons. The number of nitrogens with two attached hydrogens (primary N) is 1. The average molecular weight is 248 g/mol. The number of benzene rings is 1. The first-order valence-corrected chi connectivity index (χ1v) is 6.45. The van der Waals surface area contributed by atoms with Gasteiger partial charge < -0.3 is 16.2 Å². The molecule has 1 fully saturated rings. The fourth-order valence-corrected chi connectivity index (χ4v) is 2.56. The van der Waals surface area contributed by atoms with Crippen LogP contribution < -0.4 is 11.1 Å². The number of aliphatic hydroxyl groups excluding tert-OH is 1. The minimum Gasteiger partial charge on any atom is -0.398 e. The molecule has 0 unspecified atom stereocenters. The molecule has 1 aromatic rings. The normalized spacial score (nSPS) is 18.3. The smallest absolute Gasteiger partial charge is 0.253 e. The van der Waals surface area contributed by atoms with Gasteiger partial charge in [0.2, 0.25) is 0 Å². The van der Waals surface area contributed by atoms with E-state index in [1.165, 1.54) is 6.42 Å². The molecule has 2 rings (SSSR count). The molecule has 0 aliphatic heterocycles. The van der Waals surface area contributed by atoms with Gasteiger partial charge in [0.25, 0.3) is 5.91 Å². The van der Waals surface area contributed by atoms with E-state index in [0.29, 0.717) is 11.3 Å². The molecule has 0 radical (unpaired) electrons. The summed E-state index contributed by atoms with van der Waals surface area (Å²) in [5.74, 6) is -0.191.